The molecule has 1 heterocycles. The molecule has 2 aromatic carbocycles. The fourth-order valence-electron chi connectivity index (χ4n) is 2.81. The number of nitrogens with one attached hydrogen (secondary N) is 2. The maximum Gasteiger partial charge on any atom is 0.573 e. The summed E-state index contributed by atoms with van der Waals surface area (Å²) < 4.78 is 45.9. The van der Waals surface area contributed by atoms with Crippen LogP contribution in [0.15, 0.2) is 36.4 Å². The minimum absolute atomic E-state index is 0.302. The van der Waals surface area contributed by atoms with Crippen LogP contribution in [0.25, 0.3) is 11.0 Å². The van der Waals surface area contributed by atoms with Crippen molar-refractivity contribution in [1.82, 2.24) is 9.97 Å². The third-order valence-corrected chi connectivity index (χ3v) is 3.86. The quantitative estimate of drug-likeness (QED) is 0.572. The number of ether oxygens (including phenoxy) is 2. The van der Waals surface area contributed by atoms with E-state index in [-0.39, 0.29) is 5.75 Å². The van der Waals surface area contributed by atoms with E-state index in [4.69, 9.17) is 4.74 Å². The molecule has 0 aliphatic carbocycles. The number of anilines is 2. The van der Waals surface area contributed by atoms with Gasteiger partial charge in [-0.05, 0) is 49.7 Å². The number of hydrogen-bond acceptors (Lipinski definition) is 5. The minimum Gasteiger partial charge on any atom is -0.496 e. The highest BCUT2D eigenvalue weighted by molar-refractivity contribution is 5.81. The number of fused-ring (bicyclic) bond motifs is 1. The van der Waals surface area contributed by atoms with Crippen LogP contribution in [0, 0.1) is 0 Å². The number of nitrogens with zero attached hydrogens (tertiary/aromatic N) is 1. The summed E-state index contributed by atoms with van der Waals surface area (Å²) in [6, 6.07) is 8.94. The Kier molecular flexibility index (Phi) is 5.12. The van der Waals surface area contributed by atoms with E-state index in [0.29, 0.717) is 29.3 Å². The molecule has 0 amide bonds. The lowest BCUT2D eigenvalue weighted by Gasteiger charge is -2.18. The monoisotopic (exact) mass is 395 g/mol. The van der Waals surface area contributed by atoms with Crippen molar-refractivity contribution in [2.75, 3.05) is 12.4 Å². The standard InChI is InChI=1S/C19H20F3N3O3/c1-18(2,26)10-11-8-14-15(9-16(11)27-3)25-17(24-14)23-12-4-6-13(7-5-12)28-19(20,21)22/h4-9,26H,10H2,1-3H3,(H2,23,24,25). The number of alkyl halides is 3. The Labute approximate surface area is 159 Å². The maximum atomic E-state index is 12.2. The van der Waals surface area contributed by atoms with Gasteiger partial charge in [-0.15, -0.1) is 13.2 Å². The van der Waals surface area contributed by atoms with Gasteiger partial charge >= 0.3 is 6.36 Å². The lowest BCUT2D eigenvalue weighted by molar-refractivity contribution is -0.274. The number of methoxy groups -OCH3 is 1. The van der Waals surface area contributed by atoms with Crippen LogP contribution in [-0.4, -0.2) is 34.1 Å². The second kappa shape index (κ2) is 7.23. The molecule has 3 rings (SSSR count). The predicted octanol–water partition coefficient (Wildman–Crippen LogP) is 4.53. The second-order valence-electron chi connectivity index (χ2n) is 6.95. The van der Waals surface area contributed by atoms with Gasteiger partial charge in [-0.2, -0.15) is 0 Å². The molecular weight excluding hydrogens is 375 g/mol. The van der Waals surface area contributed by atoms with Gasteiger partial charge in [0.25, 0.3) is 0 Å². The fourth-order valence-corrected chi connectivity index (χ4v) is 2.81. The molecule has 6 nitrogen and oxygen atoms in total. The number of imidazole rings is 1. The van der Waals surface area contributed by atoms with Crippen molar-refractivity contribution in [3.8, 4) is 11.5 Å². The van der Waals surface area contributed by atoms with Gasteiger partial charge in [-0.1, -0.05) is 0 Å². The Morgan fingerprint density at radius 1 is 1.14 bits per heavy atom. The smallest absolute Gasteiger partial charge is 0.496 e. The van der Waals surface area contributed by atoms with Crippen molar-refractivity contribution in [1.29, 1.82) is 0 Å². The summed E-state index contributed by atoms with van der Waals surface area (Å²) in [7, 11) is 1.55. The van der Waals surface area contributed by atoms with Gasteiger partial charge in [0.05, 0.1) is 23.7 Å². The molecular formula is C19H20F3N3O3. The van der Waals surface area contributed by atoms with Crippen molar-refractivity contribution in [2.45, 2.75) is 32.2 Å². The first-order chi connectivity index (χ1) is 13.0. The van der Waals surface area contributed by atoms with E-state index in [0.717, 1.165) is 11.1 Å². The molecule has 0 unspecified atom stereocenters. The van der Waals surface area contributed by atoms with Crippen LogP contribution >= 0.6 is 0 Å². The van der Waals surface area contributed by atoms with Crippen LogP contribution in [0.3, 0.4) is 0 Å². The third-order valence-electron chi connectivity index (χ3n) is 3.86. The Hall–Kier alpha value is -2.94. The van der Waals surface area contributed by atoms with Crippen molar-refractivity contribution in [3.63, 3.8) is 0 Å². The minimum atomic E-state index is -4.73. The molecule has 0 aliphatic rings. The highest BCUT2D eigenvalue weighted by Crippen LogP contribution is 2.30. The van der Waals surface area contributed by atoms with E-state index in [1.165, 1.54) is 24.3 Å². The molecule has 150 valence electrons. The van der Waals surface area contributed by atoms with E-state index in [1.807, 2.05) is 6.07 Å². The molecule has 0 spiro atoms. The number of aromatic nitrogens is 2. The first-order valence-electron chi connectivity index (χ1n) is 8.44. The van der Waals surface area contributed by atoms with Gasteiger partial charge in [0.2, 0.25) is 5.95 Å². The molecule has 0 aliphatic heterocycles. The Morgan fingerprint density at radius 2 is 1.82 bits per heavy atom. The molecule has 1 aromatic heterocycles. The fraction of sp³-hybridized carbons (Fsp3) is 0.316. The molecule has 0 bridgehead atoms. The Bertz CT molecular complexity index is 961. The van der Waals surface area contributed by atoms with Crippen LogP contribution in [0.5, 0.6) is 11.5 Å². The normalized spacial score (nSPS) is 12.2. The van der Waals surface area contributed by atoms with E-state index < -0.39 is 12.0 Å². The predicted molar refractivity (Wildman–Crippen MR) is 99.1 cm³/mol. The van der Waals surface area contributed by atoms with Crippen molar-refractivity contribution >= 4 is 22.7 Å². The van der Waals surface area contributed by atoms with Crippen LogP contribution < -0.4 is 14.8 Å². The molecule has 3 N–H and O–H groups in total. The van der Waals surface area contributed by atoms with Crippen LogP contribution in [0.2, 0.25) is 0 Å². The summed E-state index contributed by atoms with van der Waals surface area (Å²) in [5.41, 5.74) is 1.85. The summed E-state index contributed by atoms with van der Waals surface area (Å²) in [6.45, 7) is 3.42. The lowest BCUT2D eigenvalue weighted by atomic mass is 9.97. The van der Waals surface area contributed by atoms with Gasteiger partial charge in [0.15, 0.2) is 0 Å². The van der Waals surface area contributed by atoms with Gasteiger partial charge < -0.3 is 24.9 Å². The number of rotatable bonds is 6. The van der Waals surface area contributed by atoms with Crippen LogP contribution in [-0.2, 0) is 6.42 Å². The summed E-state index contributed by atoms with van der Waals surface area (Å²) in [5.74, 6) is 0.729. The largest absolute Gasteiger partial charge is 0.573 e. The number of aromatic amines is 1. The summed E-state index contributed by atoms with van der Waals surface area (Å²) in [5, 5.41) is 13.1. The zero-order chi connectivity index (χ0) is 20.5. The van der Waals surface area contributed by atoms with Crippen molar-refractivity contribution in [3.05, 3.63) is 42.0 Å². The topological polar surface area (TPSA) is 79.4 Å². The second-order valence-corrected chi connectivity index (χ2v) is 6.95. The molecule has 9 heteroatoms. The average Bonchev–Trinajstić information content (AvgIpc) is 2.94. The lowest BCUT2D eigenvalue weighted by Crippen LogP contribution is -2.22. The number of aliphatic hydroxyl groups is 1. The first-order valence-corrected chi connectivity index (χ1v) is 8.44. The Balaban J connectivity index is 1.82. The number of benzene rings is 2. The molecule has 3 aromatic rings. The molecule has 0 saturated heterocycles. The Morgan fingerprint density at radius 3 is 2.39 bits per heavy atom. The molecule has 28 heavy (non-hydrogen) atoms. The zero-order valence-electron chi connectivity index (χ0n) is 15.5. The van der Waals surface area contributed by atoms with E-state index in [9.17, 15) is 18.3 Å². The van der Waals surface area contributed by atoms with Crippen molar-refractivity contribution < 1.29 is 27.8 Å². The molecule has 0 fully saturated rings. The summed E-state index contributed by atoms with van der Waals surface area (Å²) in [6.07, 6.45) is -4.33. The van der Waals surface area contributed by atoms with E-state index in [2.05, 4.69) is 20.0 Å². The highest BCUT2D eigenvalue weighted by Gasteiger charge is 2.31. The number of halogens is 3. The van der Waals surface area contributed by atoms with Gasteiger partial charge in [0.1, 0.15) is 11.5 Å². The summed E-state index contributed by atoms with van der Waals surface area (Å²) in [4.78, 5) is 7.52. The third kappa shape index (κ3) is 5.07. The maximum absolute atomic E-state index is 12.2. The first kappa shape index (κ1) is 19.8. The van der Waals surface area contributed by atoms with Crippen molar-refractivity contribution in [2.24, 2.45) is 0 Å². The molecule has 0 atom stereocenters. The molecule has 0 radical (unpaired) electrons. The molecule has 0 saturated carbocycles. The van der Waals surface area contributed by atoms with Crippen LogP contribution in [0.4, 0.5) is 24.8 Å². The average molecular weight is 395 g/mol. The SMILES string of the molecule is COc1cc2nc(Nc3ccc(OC(F)(F)F)cc3)[nH]c2cc1CC(C)(C)O. The van der Waals surface area contributed by atoms with Gasteiger partial charge in [0, 0.05) is 18.2 Å². The van der Waals surface area contributed by atoms with E-state index in [1.54, 1.807) is 27.0 Å². The van der Waals surface area contributed by atoms with Gasteiger partial charge in [-0.25, -0.2) is 4.98 Å². The highest BCUT2D eigenvalue weighted by atomic mass is 19.4. The zero-order valence-corrected chi connectivity index (χ0v) is 15.5. The number of H-pyrrole nitrogens is 1. The number of hydrogen-bond donors (Lipinski definition) is 3. The van der Waals surface area contributed by atoms with E-state index >= 15 is 0 Å². The van der Waals surface area contributed by atoms with Gasteiger partial charge in [-0.3, -0.25) is 0 Å². The van der Waals surface area contributed by atoms with Crippen LogP contribution in [0.1, 0.15) is 19.4 Å². The summed E-state index contributed by atoms with van der Waals surface area (Å²) >= 11 is 0.